The zero-order valence-electron chi connectivity index (χ0n) is 7.07. The zero-order chi connectivity index (χ0) is 8.97. The summed E-state index contributed by atoms with van der Waals surface area (Å²) >= 11 is 0. The lowest BCUT2D eigenvalue weighted by molar-refractivity contribution is 0.862. The molecule has 0 saturated heterocycles. The molecular formula is C9H11N3. The number of azide groups is 1. The standard InChI is InChI=1S/C9H11N3/c1-7-3-5-9(6-4-7)8(2)11-12-10/h3,5-6,8H,1,4H2,2H3. The zero-order valence-corrected chi connectivity index (χ0v) is 7.07. The van der Waals surface area contributed by atoms with E-state index in [0.29, 0.717) is 0 Å². The first-order chi connectivity index (χ1) is 5.74. The molecule has 1 aliphatic rings. The summed E-state index contributed by atoms with van der Waals surface area (Å²) in [4.78, 5) is 2.76. The van der Waals surface area contributed by atoms with Gasteiger partial charge in [-0.15, -0.1) is 0 Å². The van der Waals surface area contributed by atoms with Gasteiger partial charge in [0.05, 0.1) is 6.04 Å². The molecule has 0 aromatic rings. The predicted molar refractivity (Wildman–Crippen MR) is 49.6 cm³/mol. The first-order valence-corrected chi connectivity index (χ1v) is 3.84. The molecule has 0 spiro atoms. The highest BCUT2D eigenvalue weighted by Crippen LogP contribution is 2.18. The molecule has 1 rings (SSSR count). The number of rotatable bonds is 2. The summed E-state index contributed by atoms with van der Waals surface area (Å²) in [5, 5.41) is 3.60. The molecule has 0 amide bonds. The van der Waals surface area contributed by atoms with E-state index in [9.17, 15) is 0 Å². The van der Waals surface area contributed by atoms with E-state index >= 15 is 0 Å². The topological polar surface area (TPSA) is 48.8 Å². The van der Waals surface area contributed by atoms with Crippen LogP contribution in [0, 0.1) is 0 Å². The number of hydrogen-bond acceptors (Lipinski definition) is 1. The molecule has 3 nitrogen and oxygen atoms in total. The highest BCUT2D eigenvalue weighted by atomic mass is 15.1. The van der Waals surface area contributed by atoms with Crippen LogP contribution in [-0.4, -0.2) is 6.04 Å². The molecule has 0 aromatic heterocycles. The fourth-order valence-electron chi connectivity index (χ4n) is 1.05. The minimum atomic E-state index is -0.0700. The van der Waals surface area contributed by atoms with E-state index in [1.807, 2.05) is 25.2 Å². The van der Waals surface area contributed by atoms with Crippen molar-refractivity contribution in [3.8, 4) is 0 Å². The summed E-state index contributed by atoms with van der Waals surface area (Å²) in [6.45, 7) is 5.70. The van der Waals surface area contributed by atoms with E-state index in [0.717, 1.165) is 17.6 Å². The van der Waals surface area contributed by atoms with Crippen molar-refractivity contribution >= 4 is 0 Å². The summed E-state index contributed by atoms with van der Waals surface area (Å²) in [5.41, 5.74) is 10.4. The van der Waals surface area contributed by atoms with Gasteiger partial charge in [0.1, 0.15) is 0 Å². The molecule has 0 saturated carbocycles. The molecule has 0 N–H and O–H groups in total. The van der Waals surface area contributed by atoms with Crippen LogP contribution in [0.1, 0.15) is 13.3 Å². The highest BCUT2D eigenvalue weighted by Gasteiger charge is 2.05. The monoisotopic (exact) mass is 161 g/mol. The lowest BCUT2D eigenvalue weighted by atomic mass is 9.99. The third-order valence-electron chi connectivity index (χ3n) is 1.82. The van der Waals surface area contributed by atoms with Gasteiger partial charge in [-0.2, -0.15) is 0 Å². The van der Waals surface area contributed by atoms with Crippen molar-refractivity contribution in [3.05, 3.63) is 46.4 Å². The summed E-state index contributed by atoms with van der Waals surface area (Å²) < 4.78 is 0. The normalized spacial score (nSPS) is 18.1. The van der Waals surface area contributed by atoms with Gasteiger partial charge in [-0.05, 0) is 17.5 Å². The van der Waals surface area contributed by atoms with Crippen molar-refractivity contribution in [2.75, 3.05) is 0 Å². The third kappa shape index (κ3) is 2.01. The van der Waals surface area contributed by atoms with E-state index in [-0.39, 0.29) is 6.04 Å². The molecule has 1 unspecified atom stereocenters. The molecule has 0 heterocycles. The second-order valence-corrected chi connectivity index (χ2v) is 2.78. The molecule has 0 aromatic carbocycles. The Morgan fingerprint density at radius 3 is 2.92 bits per heavy atom. The Kier molecular flexibility index (Phi) is 2.72. The summed E-state index contributed by atoms with van der Waals surface area (Å²) in [7, 11) is 0. The fourth-order valence-corrected chi connectivity index (χ4v) is 1.05. The Morgan fingerprint density at radius 1 is 1.67 bits per heavy atom. The van der Waals surface area contributed by atoms with E-state index < -0.39 is 0 Å². The van der Waals surface area contributed by atoms with Crippen LogP contribution in [0.3, 0.4) is 0 Å². The van der Waals surface area contributed by atoms with Gasteiger partial charge < -0.3 is 0 Å². The molecule has 3 heteroatoms. The third-order valence-corrected chi connectivity index (χ3v) is 1.82. The molecular weight excluding hydrogens is 150 g/mol. The molecule has 1 aliphatic carbocycles. The molecule has 62 valence electrons. The van der Waals surface area contributed by atoms with Crippen LogP contribution in [0.4, 0.5) is 0 Å². The molecule has 1 atom stereocenters. The smallest absolute Gasteiger partial charge is 0.0594 e. The Balaban J connectivity index is 2.72. The maximum absolute atomic E-state index is 8.21. The first-order valence-electron chi connectivity index (χ1n) is 3.84. The highest BCUT2D eigenvalue weighted by molar-refractivity contribution is 5.36. The van der Waals surface area contributed by atoms with E-state index in [1.54, 1.807) is 0 Å². The number of hydrogen-bond donors (Lipinski definition) is 0. The van der Waals surface area contributed by atoms with Gasteiger partial charge in [-0.25, -0.2) is 0 Å². The summed E-state index contributed by atoms with van der Waals surface area (Å²) in [6.07, 6.45) is 6.81. The molecule has 0 bridgehead atoms. The van der Waals surface area contributed by atoms with Crippen molar-refractivity contribution in [3.63, 3.8) is 0 Å². The second-order valence-electron chi connectivity index (χ2n) is 2.78. The molecule has 0 aliphatic heterocycles. The van der Waals surface area contributed by atoms with Crippen LogP contribution in [-0.2, 0) is 0 Å². The maximum Gasteiger partial charge on any atom is 0.0594 e. The van der Waals surface area contributed by atoms with Gasteiger partial charge in [0.15, 0.2) is 0 Å². The average molecular weight is 161 g/mol. The van der Waals surface area contributed by atoms with Gasteiger partial charge in [0.25, 0.3) is 0 Å². The number of allylic oxidation sites excluding steroid dienone is 3. The Morgan fingerprint density at radius 2 is 2.42 bits per heavy atom. The largest absolute Gasteiger partial charge is 0.0955 e. The van der Waals surface area contributed by atoms with Crippen LogP contribution in [0.25, 0.3) is 10.4 Å². The van der Waals surface area contributed by atoms with Crippen molar-refractivity contribution in [2.45, 2.75) is 19.4 Å². The lowest BCUT2D eigenvalue weighted by Crippen LogP contribution is -2.01. The van der Waals surface area contributed by atoms with Gasteiger partial charge in [-0.3, -0.25) is 0 Å². The quantitative estimate of drug-likeness (QED) is 0.339. The van der Waals surface area contributed by atoms with Crippen LogP contribution < -0.4 is 0 Å². The maximum atomic E-state index is 8.21. The Bertz CT molecular complexity index is 293. The van der Waals surface area contributed by atoms with E-state index in [2.05, 4.69) is 16.6 Å². The van der Waals surface area contributed by atoms with Crippen molar-refractivity contribution < 1.29 is 0 Å². The molecule has 0 radical (unpaired) electrons. The van der Waals surface area contributed by atoms with Crippen molar-refractivity contribution in [2.24, 2.45) is 5.11 Å². The van der Waals surface area contributed by atoms with Crippen molar-refractivity contribution in [1.82, 2.24) is 0 Å². The van der Waals surface area contributed by atoms with Gasteiger partial charge in [0, 0.05) is 4.91 Å². The Hall–Kier alpha value is -1.47. The minimum absolute atomic E-state index is 0.0700. The molecule has 12 heavy (non-hydrogen) atoms. The SMILES string of the molecule is C=C1C=CC(C(C)N=[N+]=[N-])=CC1. The van der Waals surface area contributed by atoms with Gasteiger partial charge in [0.2, 0.25) is 0 Å². The summed E-state index contributed by atoms with van der Waals surface area (Å²) in [6, 6.07) is -0.0700. The van der Waals surface area contributed by atoms with Gasteiger partial charge in [-0.1, -0.05) is 42.4 Å². The predicted octanol–water partition coefficient (Wildman–Crippen LogP) is 3.13. The average Bonchev–Trinajstić information content (AvgIpc) is 2.06. The van der Waals surface area contributed by atoms with E-state index in [4.69, 9.17) is 5.53 Å². The minimum Gasteiger partial charge on any atom is -0.0955 e. The second kappa shape index (κ2) is 3.79. The summed E-state index contributed by atoms with van der Waals surface area (Å²) in [5.74, 6) is 0. The number of nitrogens with zero attached hydrogens (tertiary/aromatic N) is 3. The van der Waals surface area contributed by atoms with Crippen LogP contribution in [0.2, 0.25) is 0 Å². The first kappa shape index (κ1) is 8.62. The van der Waals surface area contributed by atoms with Gasteiger partial charge >= 0.3 is 0 Å². The molecule has 0 fully saturated rings. The fraction of sp³-hybridized carbons (Fsp3) is 0.333. The van der Waals surface area contributed by atoms with Crippen LogP contribution in [0.5, 0.6) is 0 Å². The van der Waals surface area contributed by atoms with Crippen molar-refractivity contribution in [1.29, 1.82) is 0 Å². The van der Waals surface area contributed by atoms with E-state index in [1.165, 1.54) is 0 Å². The van der Waals surface area contributed by atoms with Crippen LogP contribution >= 0.6 is 0 Å². The Labute approximate surface area is 71.7 Å². The van der Waals surface area contributed by atoms with Crippen LogP contribution in [0.15, 0.2) is 41.1 Å². The lowest BCUT2D eigenvalue weighted by Gasteiger charge is -2.10.